The maximum absolute atomic E-state index is 5.44. The summed E-state index contributed by atoms with van der Waals surface area (Å²) in [5.41, 5.74) is 0. The van der Waals surface area contributed by atoms with E-state index in [2.05, 4.69) is 22.4 Å². The molecule has 0 spiro atoms. The highest BCUT2D eigenvalue weighted by Crippen LogP contribution is 2.35. The largest absolute Gasteiger partial charge is 0.380 e. The molecular weight excluding hydrogens is 242 g/mol. The second-order valence-electron chi connectivity index (χ2n) is 6.00. The van der Waals surface area contributed by atoms with Crippen LogP contribution in [-0.2, 0) is 4.74 Å². The lowest BCUT2D eigenvalue weighted by Gasteiger charge is -2.23. The number of ether oxygens (including phenoxy) is 1. The van der Waals surface area contributed by atoms with Gasteiger partial charge in [-0.1, -0.05) is 24.9 Å². The summed E-state index contributed by atoms with van der Waals surface area (Å²) in [6.45, 7) is 3.19. The molecule has 2 aliphatic rings. The molecule has 3 rings (SSSR count). The van der Waals surface area contributed by atoms with Gasteiger partial charge in [0, 0.05) is 19.6 Å². The van der Waals surface area contributed by atoms with Gasteiger partial charge in [-0.15, -0.1) is 0 Å². The van der Waals surface area contributed by atoms with Crippen molar-refractivity contribution in [3.05, 3.63) is 11.7 Å². The molecule has 2 fully saturated rings. The molecule has 1 N–H and O–H groups in total. The van der Waals surface area contributed by atoms with Gasteiger partial charge in [-0.3, -0.25) is 0 Å². The van der Waals surface area contributed by atoms with E-state index < -0.39 is 0 Å². The van der Waals surface area contributed by atoms with Crippen LogP contribution in [0.4, 0.5) is 0 Å². The molecule has 1 aliphatic carbocycles. The fourth-order valence-electron chi connectivity index (χ4n) is 3.14. The van der Waals surface area contributed by atoms with Crippen LogP contribution in [0.25, 0.3) is 0 Å². The average Bonchev–Trinajstić information content (AvgIpc) is 3.08. The molecule has 0 bridgehead atoms. The van der Waals surface area contributed by atoms with E-state index in [9.17, 15) is 0 Å². The fourth-order valence-corrected chi connectivity index (χ4v) is 3.14. The van der Waals surface area contributed by atoms with Gasteiger partial charge in [-0.2, -0.15) is 4.98 Å². The van der Waals surface area contributed by atoms with Gasteiger partial charge in [0.1, 0.15) is 0 Å². The van der Waals surface area contributed by atoms with E-state index in [1.54, 1.807) is 7.11 Å². The monoisotopic (exact) mass is 265 g/mol. The number of nitrogens with one attached hydrogen (secondary N) is 1. The van der Waals surface area contributed by atoms with E-state index >= 15 is 0 Å². The normalized spacial score (nSPS) is 35.7. The minimum atomic E-state index is 0.161. The Morgan fingerprint density at radius 2 is 2.05 bits per heavy atom. The zero-order chi connectivity index (χ0) is 13.2. The second-order valence-corrected chi connectivity index (χ2v) is 6.00. The molecule has 0 aromatic carbocycles. The third kappa shape index (κ3) is 2.82. The van der Waals surface area contributed by atoms with Gasteiger partial charge in [-0.05, 0) is 25.2 Å². The van der Waals surface area contributed by atoms with Crippen LogP contribution in [-0.4, -0.2) is 29.9 Å². The van der Waals surface area contributed by atoms with Crippen molar-refractivity contribution in [3.63, 3.8) is 0 Å². The zero-order valence-electron chi connectivity index (χ0n) is 11.8. The van der Waals surface area contributed by atoms with E-state index in [1.807, 2.05) is 0 Å². The van der Waals surface area contributed by atoms with Crippen molar-refractivity contribution in [1.29, 1.82) is 0 Å². The van der Waals surface area contributed by atoms with E-state index in [0.29, 0.717) is 5.92 Å². The molecule has 106 valence electrons. The highest BCUT2D eigenvalue weighted by atomic mass is 16.5. The van der Waals surface area contributed by atoms with Crippen molar-refractivity contribution in [2.45, 2.75) is 57.1 Å². The number of rotatable bonds is 3. The number of aromatic nitrogens is 2. The summed E-state index contributed by atoms with van der Waals surface area (Å²) in [4.78, 5) is 4.61. The quantitative estimate of drug-likeness (QED) is 0.909. The molecule has 1 aromatic heterocycles. The minimum Gasteiger partial charge on any atom is -0.380 e. The Balaban J connectivity index is 1.63. The Kier molecular flexibility index (Phi) is 3.84. The summed E-state index contributed by atoms with van der Waals surface area (Å²) in [6, 6.07) is 0.161. The van der Waals surface area contributed by atoms with Crippen LogP contribution in [0.1, 0.15) is 62.7 Å². The Bertz CT molecular complexity index is 396. The Morgan fingerprint density at radius 3 is 2.74 bits per heavy atom. The summed E-state index contributed by atoms with van der Waals surface area (Å²) >= 11 is 0. The molecule has 1 aliphatic heterocycles. The van der Waals surface area contributed by atoms with Gasteiger partial charge in [0.15, 0.2) is 5.82 Å². The van der Waals surface area contributed by atoms with Crippen LogP contribution in [0.5, 0.6) is 0 Å². The molecule has 1 saturated heterocycles. The van der Waals surface area contributed by atoms with Gasteiger partial charge in [0.25, 0.3) is 0 Å². The van der Waals surface area contributed by atoms with Gasteiger partial charge >= 0.3 is 0 Å². The van der Waals surface area contributed by atoms with Crippen LogP contribution in [0.2, 0.25) is 0 Å². The highest BCUT2D eigenvalue weighted by molar-refractivity contribution is 5.02. The minimum absolute atomic E-state index is 0.161. The Hall–Kier alpha value is -0.940. The SMILES string of the molecule is COC1CNC(c2nc(C3CCC(C)CC3)no2)C1. The molecule has 0 amide bonds. The molecule has 5 nitrogen and oxygen atoms in total. The topological polar surface area (TPSA) is 60.2 Å². The third-order valence-electron chi connectivity index (χ3n) is 4.56. The van der Waals surface area contributed by atoms with Crippen molar-refractivity contribution in [3.8, 4) is 0 Å². The van der Waals surface area contributed by atoms with Crippen LogP contribution in [0.3, 0.4) is 0 Å². The summed E-state index contributed by atoms with van der Waals surface area (Å²) in [7, 11) is 1.75. The first-order chi connectivity index (χ1) is 9.26. The first-order valence-corrected chi connectivity index (χ1v) is 7.36. The van der Waals surface area contributed by atoms with Crippen molar-refractivity contribution >= 4 is 0 Å². The van der Waals surface area contributed by atoms with Crippen LogP contribution < -0.4 is 5.32 Å². The maximum atomic E-state index is 5.44. The molecule has 1 saturated carbocycles. The average molecular weight is 265 g/mol. The van der Waals surface area contributed by atoms with Gasteiger partial charge < -0.3 is 14.6 Å². The second kappa shape index (κ2) is 5.59. The fraction of sp³-hybridized carbons (Fsp3) is 0.857. The lowest BCUT2D eigenvalue weighted by molar-refractivity contribution is 0.116. The van der Waals surface area contributed by atoms with E-state index in [1.165, 1.54) is 25.7 Å². The summed E-state index contributed by atoms with van der Waals surface area (Å²) in [6.07, 6.45) is 6.12. The molecule has 2 heterocycles. The molecule has 1 aromatic rings. The molecule has 2 atom stereocenters. The number of hydrogen-bond acceptors (Lipinski definition) is 5. The number of nitrogens with zero attached hydrogens (tertiary/aromatic N) is 2. The Labute approximate surface area is 114 Å². The van der Waals surface area contributed by atoms with Crippen molar-refractivity contribution < 1.29 is 9.26 Å². The first-order valence-electron chi connectivity index (χ1n) is 7.36. The molecule has 5 heteroatoms. The molecular formula is C14H23N3O2. The van der Waals surface area contributed by atoms with E-state index in [4.69, 9.17) is 9.26 Å². The third-order valence-corrected chi connectivity index (χ3v) is 4.56. The predicted octanol–water partition coefficient (Wildman–Crippen LogP) is 2.41. The Morgan fingerprint density at radius 1 is 1.26 bits per heavy atom. The smallest absolute Gasteiger partial charge is 0.243 e. The van der Waals surface area contributed by atoms with Crippen LogP contribution in [0.15, 0.2) is 4.52 Å². The predicted molar refractivity (Wildman–Crippen MR) is 70.8 cm³/mol. The number of methoxy groups -OCH3 is 1. The van der Waals surface area contributed by atoms with Gasteiger partial charge in [0.05, 0.1) is 12.1 Å². The summed E-state index contributed by atoms with van der Waals surface area (Å²) in [5, 5.41) is 7.57. The van der Waals surface area contributed by atoms with Gasteiger partial charge in [-0.25, -0.2) is 0 Å². The molecule has 2 unspecified atom stereocenters. The van der Waals surface area contributed by atoms with Crippen molar-refractivity contribution in [2.24, 2.45) is 5.92 Å². The lowest BCUT2D eigenvalue weighted by Crippen LogP contribution is -2.16. The number of hydrogen-bond donors (Lipinski definition) is 1. The van der Waals surface area contributed by atoms with E-state index in [-0.39, 0.29) is 12.1 Å². The molecule has 0 radical (unpaired) electrons. The summed E-state index contributed by atoms with van der Waals surface area (Å²) < 4.78 is 10.8. The van der Waals surface area contributed by atoms with Crippen LogP contribution in [0, 0.1) is 5.92 Å². The van der Waals surface area contributed by atoms with Crippen molar-refractivity contribution in [2.75, 3.05) is 13.7 Å². The van der Waals surface area contributed by atoms with Crippen LogP contribution >= 0.6 is 0 Å². The van der Waals surface area contributed by atoms with Crippen molar-refractivity contribution in [1.82, 2.24) is 15.5 Å². The van der Waals surface area contributed by atoms with E-state index in [0.717, 1.165) is 30.6 Å². The molecule has 19 heavy (non-hydrogen) atoms. The highest BCUT2D eigenvalue weighted by Gasteiger charge is 2.31. The standard InChI is InChI=1S/C14H23N3O2/c1-9-3-5-10(6-4-9)13-16-14(19-17-13)12-7-11(18-2)8-15-12/h9-12,15H,3-8H2,1-2H3. The zero-order valence-corrected chi connectivity index (χ0v) is 11.8. The summed E-state index contributed by atoms with van der Waals surface area (Å²) in [5.74, 6) is 2.98. The first kappa shape index (κ1) is 13.1. The van der Waals surface area contributed by atoms with Gasteiger partial charge in [0.2, 0.25) is 5.89 Å². The maximum Gasteiger partial charge on any atom is 0.243 e. The lowest BCUT2D eigenvalue weighted by atomic mass is 9.83.